The van der Waals surface area contributed by atoms with E-state index < -0.39 is 0 Å². The van der Waals surface area contributed by atoms with Crippen molar-refractivity contribution < 1.29 is 4.39 Å². The maximum absolute atomic E-state index is 13.8. The predicted octanol–water partition coefficient (Wildman–Crippen LogP) is 3.90. The van der Waals surface area contributed by atoms with E-state index in [0.717, 1.165) is 24.6 Å². The van der Waals surface area contributed by atoms with Crippen LogP contribution >= 0.6 is 24.0 Å². The molecule has 0 aliphatic heterocycles. The van der Waals surface area contributed by atoms with Crippen LogP contribution in [-0.2, 0) is 6.54 Å². The van der Waals surface area contributed by atoms with Crippen molar-refractivity contribution in [2.24, 2.45) is 10.9 Å². The van der Waals surface area contributed by atoms with E-state index in [1.165, 1.54) is 0 Å². The van der Waals surface area contributed by atoms with Gasteiger partial charge in [-0.3, -0.25) is 9.67 Å². The highest BCUT2D eigenvalue weighted by atomic mass is 127. The number of aliphatic imine (C=N–C) groups is 1. The second-order valence-electron chi connectivity index (χ2n) is 6.43. The summed E-state index contributed by atoms with van der Waals surface area (Å²) in [4.78, 5) is 4.66. The molecule has 2 aromatic rings. The number of nitrogens with zero attached hydrogens (tertiary/aromatic N) is 3. The average Bonchev–Trinajstić information content (AvgIpc) is 3.08. The summed E-state index contributed by atoms with van der Waals surface area (Å²) in [6, 6.07) is 7.22. The first-order chi connectivity index (χ1) is 12.0. The van der Waals surface area contributed by atoms with Gasteiger partial charge in [-0.25, -0.2) is 4.39 Å². The fraction of sp³-hybridized carbons (Fsp3) is 0.474. The number of benzene rings is 1. The molecule has 0 fully saturated rings. The van der Waals surface area contributed by atoms with Crippen LogP contribution in [0.5, 0.6) is 0 Å². The summed E-state index contributed by atoms with van der Waals surface area (Å²) in [6.45, 7) is 10.2. The molecule has 0 saturated heterocycles. The zero-order chi connectivity index (χ0) is 18.2. The molecular weight excluding hydrogens is 444 g/mol. The van der Waals surface area contributed by atoms with Gasteiger partial charge in [-0.15, -0.1) is 24.0 Å². The topological polar surface area (TPSA) is 54.2 Å². The number of rotatable bonds is 7. The molecule has 0 saturated carbocycles. The van der Waals surface area contributed by atoms with Crippen molar-refractivity contribution in [3.63, 3.8) is 0 Å². The third-order valence-electron chi connectivity index (χ3n) is 4.01. The van der Waals surface area contributed by atoms with Gasteiger partial charge < -0.3 is 10.6 Å². The van der Waals surface area contributed by atoms with Crippen LogP contribution in [0.2, 0.25) is 0 Å². The zero-order valence-electron chi connectivity index (χ0n) is 15.9. The molecule has 26 heavy (non-hydrogen) atoms. The summed E-state index contributed by atoms with van der Waals surface area (Å²) in [5, 5.41) is 10.8. The monoisotopic (exact) mass is 473 g/mol. The number of aryl methyl sites for hydroxylation is 1. The maximum atomic E-state index is 13.8. The normalized spacial score (nSPS) is 13.7. The van der Waals surface area contributed by atoms with Crippen LogP contribution in [0.4, 0.5) is 4.39 Å². The molecule has 1 aromatic heterocycles. The number of nitrogens with one attached hydrogen (secondary N) is 2. The Kier molecular flexibility index (Phi) is 9.61. The molecule has 0 aliphatic carbocycles. The van der Waals surface area contributed by atoms with Crippen molar-refractivity contribution in [2.45, 2.75) is 40.3 Å². The Hall–Kier alpha value is -1.64. The Labute approximate surface area is 172 Å². The van der Waals surface area contributed by atoms with E-state index in [1.807, 2.05) is 36.9 Å². The van der Waals surface area contributed by atoms with Crippen LogP contribution < -0.4 is 10.6 Å². The molecule has 0 radical (unpaired) electrons. The van der Waals surface area contributed by atoms with Crippen LogP contribution in [0, 0.1) is 18.7 Å². The molecule has 2 N–H and O–H groups in total. The van der Waals surface area contributed by atoms with Crippen molar-refractivity contribution in [1.82, 2.24) is 20.4 Å². The van der Waals surface area contributed by atoms with Gasteiger partial charge in [-0.05, 0) is 49.9 Å². The Balaban J connectivity index is 0.00000338. The average molecular weight is 473 g/mol. The molecule has 1 heterocycles. The van der Waals surface area contributed by atoms with Gasteiger partial charge in [0, 0.05) is 32.0 Å². The van der Waals surface area contributed by atoms with Gasteiger partial charge in [-0.1, -0.05) is 19.1 Å². The summed E-state index contributed by atoms with van der Waals surface area (Å²) < 4.78 is 15.7. The van der Waals surface area contributed by atoms with Crippen LogP contribution in [-0.4, -0.2) is 28.8 Å². The van der Waals surface area contributed by atoms with Crippen LogP contribution in [0.3, 0.4) is 0 Å². The van der Waals surface area contributed by atoms with Crippen molar-refractivity contribution in [2.75, 3.05) is 13.1 Å². The lowest BCUT2D eigenvalue weighted by Crippen LogP contribution is -2.39. The van der Waals surface area contributed by atoms with Gasteiger partial charge in [-0.2, -0.15) is 5.10 Å². The molecule has 7 heteroatoms. The molecular formula is C19H29FIN5. The summed E-state index contributed by atoms with van der Waals surface area (Å²) >= 11 is 0. The minimum atomic E-state index is -0.180. The van der Waals surface area contributed by atoms with Gasteiger partial charge in [0.05, 0.1) is 6.04 Å². The fourth-order valence-electron chi connectivity index (χ4n) is 2.52. The van der Waals surface area contributed by atoms with Gasteiger partial charge in [0.15, 0.2) is 5.96 Å². The highest BCUT2D eigenvalue weighted by Gasteiger charge is 2.10. The third kappa shape index (κ3) is 6.93. The fourth-order valence-corrected chi connectivity index (χ4v) is 2.52. The first-order valence-electron chi connectivity index (χ1n) is 8.78. The van der Waals surface area contributed by atoms with Crippen LogP contribution in [0.1, 0.15) is 37.9 Å². The Morgan fingerprint density at radius 3 is 2.73 bits per heavy atom. The summed E-state index contributed by atoms with van der Waals surface area (Å²) in [5.41, 5.74) is 1.56. The largest absolute Gasteiger partial charge is 0.357 e. The van der Waals surface area contributed by atoms with Crippen molar-refractivity contribution in [1.29, 1.82) is 0 Å². The van der Waals surface area contributed by atoms with E-state index in [9.17, 15) is 4.39 Å². The minimum absolute atomic E-state index is 0. The molecule has 2 atom stereocenters. The number of guanidine groups is 1. The lowest BCUT2D eigenvalue weighted by atomic mass is 10.1. The van der Waals surface area contributed by atoms with Crippen LogP contribution in [0.15, 0.2) is 41.7 Å². The minimum Gasteiger partial charge on any atom is -0.357 e. The number of hydrogen-bond donors (Lipinski definition) is 2. The lowest BCUT2D eigenvalue weighted by Gasteiger charge is -2.19. The smallest absolute Gasteiger partial charge is 0.191 e. The van der Waals surface area contributed by atoms with Crippen LogP contribution in [0.25, 0.3) is 0 Å². The van der Waals surface area contributed by atoms with E-state index in [1.54, 1.807) is 25.3 Å². The lowest BCUT2D eigenvalue weighted by molar-refractivity contribution is 0.458. The third-order valence-corrected chi connectivity index (χ3v) is 4.01. The SMILES string of the molecule is CCNC(=NCC(C)Cn1cccn1)NC(C)c1ccc(C)c(F)c1.I. The molecule has 0 bridgehead atoms. The summed E-state index contributed by atoms with van der Waals surface area (Å²) in [5.74, 6) is 0.923. The Bertz CT molecular complexity index is 687. The van der Waals surface area contributed by atoms with Crippen molar-refractivity contribution in [3.8, 4) is 0 Å². The molecule has 0 amide bonds. The Morgan fingerprint density at radius 1 is 1.35 bits per heavy atom. The highest BCUT2D eigenvalue weighted by molar-refractivity contribution is 14.0. The quantitative estimate of drug-likeness (QED) is 0.365. The van der Waals surface area contributed by atoms with E-state index in [2.05, 4.69) is 27.6 Å². The molecule has 0 spiro atoms. The number of halogens is 2. The second-order valence-corrected chi connectivity index (χ2v) is 6.43. The Morgan fingerprint density at radius 2 is 2.12 bits per heavy atom. The number of aromatic nitrogens is 2. The predicted molar refractivity (Wildman–Crippen MR) is 115 cm³/mol. The highest BCUT2D eigenvalue weighted by Crippen LogP contribution is 2.16. The molecule has 144 valence electrons. The van der Waals surface area contributed by atoms with E-state index in [-0.39, 0.29) is 35.8 Å². The van der Waals surface area contributed by atoms with E-state index in [4.69, 9.17) is 0 Å². The number of hydrogen-bond acceptors (Lipinski definition) is 2. The first kappa shape index (κ1) is 22.4. The maximum Gasteiger partial charge on any atom is 0.191 e. The van der Waals surface area contributed by atoms with Crippen molar-refractivity contribution >= 4 is 29.9 Å². The first-order valence-corrected chi connectivity index (χ1v) is 8.78. The molecule has 1 aromatic carbocycles. The molecule has 0 aliphatic rings. The van der Waals surface area contributed by atoms with Gasteiger partial charge in [0.2, 0.25) is 0 Å². The van der Waals surface area contributed by atoms with Crippen molar-refractivity contribution in [3.05, 3.63) is 53.6 Å². The molecule has 5 nitrogen and oxygen atoms in total. The summed E-state index contributed by atoms with van der Waals surface area (Å²) in [6.07, 6.45) is 3.74. The zero-order valence-corrected chi connectivity index (χ0v) is 18.2. The standard InChI is InChI=1S/C19H28FN5.HI/c1-5-21-19(22-12-14(2)13-25-10-6-9-23-25)24-16(4)17-8-7-15(3)18(20)11-17;/h6-11,14,16H,5,12-13H2,1-4H3,(H2,21,22,24);1H. The summed E-state index contributed by atoms with van der Waals surface area (Å²) in [7, 11) is 0. The molecule has 2 rings (SSSR count). The van der Waals surface area contributed by atoms with E-state index in [0.29, 0.717) is 18.0 Å². The van der Waals surface area contributed by atoms with Gasteiger partial charge >= 0.3 is 0 Å². The van der Waals surface area contributed by atoms with Gasteiger partial charge in [0.25, 0.3) is 0 Å². The van der Waals surface area contributed by atoms with E-state index >= 15 is 0 Å². The second kappa shape index (κ2) is 11.2. The van der Waals surface area contributed by atoms with Gasteiger partial charge in [0.1, 0.15) is 5.82 Å². The molecule has 2 unspecified atom stereocenters.